The normalized spacial score (nSPS) is 10.5. The van der Waals surface area contributed by atoms with Gasteiger partial charge in [0.1, 0.15) is 5.75 Å². The minimum Gasteiger partial charge on any atom is -0.508 e. The van der Waals surface area contributed by atoms with E-state index < -0.39 is 11.7 Å². The first-order valence-electron chi connectivity index (χ1n) is 5.37. The average molecular weight is 246 g/mol. The molecule has 0 aromatic heterocycles. The van der Waals surface area contributed by atoms with Gasteiger partial charge in [0.15, 0.2) is 0 Å². The fourth-order valence-electron chi connectivity index (χ4n) is 1.29. The van der Waals surface area contributed by atoms with Gasteiger partial charge in [0.2, 0.25) is 0 Å². The summed E-state index contributed by atoms with van der Waals surface area (Å²) in [6.45, 7) is 9.03. The molecule has 0 aliphatic carbocycles. The zero-order valence-corrected chi connectivity index (χ0v) is 10.2. The third kappa shape index (κ3) is 4.13. The van der Waals surface area contributed by atoms with Crippen molar-refractivity contribution in [2.24, 2.45) is 0 Å². The van der Waals surface area contributed by atoms with Crippen LogP contribution in [0.3, 0.4) is 0 Å². The quantitative estimate of drug-likeness (QED) is 0.763. The summed E-state index contributed by atoms with van der Waals surface area (Å²) in [6, 6.07) is 1.78. The van der Waals surface area contributed by atoms with Crippen LogP contribution < -0.4 is 0 Å². The van der Waals surface area contributed by atoms with E-state index >= 15 is 0 Å². The van der Waals surface area contributed by atoms with Crippen molar-refractivity contribution < 1.29 is 18.3 Å². The van der Waals surface area contributed by atoms with Crippen molar-refractivity contribution >= 4 is 0 Å². The van der Waals surface area contributed by atoms with Crippen LogP contribution in [-0.4, -0.2) is 5.11 Å². The monoisotopic (exact) mass is 246 g/mol. The SMILES string of the molecule is C=CCc1cc(C(F)(F)F)cc(O)c1C.CC. The molecule has 96 valence electrons. The highest BCUT2D eigenvalue weighted by atomic mass is 19.4. The first-order chi connectivity index (χ1) is 7.86. The minimum absolute atomic E-state index is 0.309. The van der Waals surface area contributed by atoms with Gasteiger partial charge in [-0.05, 0) is 36.6 Å². The van der Waals surface area contributed by atoms with Crippen molar-refractivity contribution in [1.82, 2.24) is 0 Å². The average Bonchev–Trinajstić information content (AvgIpc) is 2.26. The molecule has 0 saturated carbocycles. The van der Waals surface area contributed by atoms with Gasteiger partial charge >= 0.3 is 6.18 Å². The first kappa shape index (κ1) is 15.6. The number of benzene rings is 1. The predicted molar refractivity (Wildman–Crippen MR) is 63.1 cm³/mol. The summed E-state index contributed by atoms with van der Waals surface area (Å²) in [5.74, 6) is -0.332. The standard InChI is InChI=1S/C11H11F3O.C2H6/c1-3-4-8-5-9(11(12,13)14)6-10(15)7(8)2;1-2/h3,5-6,15H,1,4H2,2H3;1-2H3. The van der Waals surface area contributed by atoms with Crippen LogP contribution in [0.4, 0.5) is 13.2 Å². The molecule has 0 heterocycles. The molecule has 1 nitrogen and oxygen atoms in total. The number of hydrogen-bond acceptors (Lipinski definition) is 1. The van der Waals surface area contributed by atoms with Gasteiger partial charge in [-0.15, -0.1) is 6.58 Å². The number of halogens is 3. The molecule has 1 rings (SSSR count). The molecular formula is C13H17F3O. The Balaban J connectivity index is 0.00000121. The number of allylic oxidation sites excluding steroid dienone is 1. The van der Waals surface area contributed by atoms with Gasteiger partial charge in [-0.25, -0.2) is 0 Å². The van der Waals surface area contributed by atoms with Gasteiger partial charge in [0.05, 0.1) is 5.56 Å². The molecule has 1 aromatic carbocycles. The van der Waals surface area contributed by atoms with Gasteiger partial charge in [0.25, 0.3) is 0 Å². The molecule has 0 spiro atoms. The molecule has 0 amide bonds. The summed E-state index contributed by atoms with van der Waals surface area (Å²) in [5.41, 5.74) is 0.0719. The number of alkyl halides is 3. The molecule has 0 unspecified atom stereocenters. The number of phenols is 1. The zero-order valence-electron chi connectivity index (χ0n) is 10.2. The summed E-state index contributed by atoms with van der Waals surface area (Å²) >= 11 is 0. The van der Waals surface area contributed by atoms with Gasteiger partial charge in [-0.2, -0.15) is 13.2 Å². The van der Waals surface area contributed by atoms with Crippen LogP contribution in [-0.2, 0) is 12.6 Å². The second kappa shape index (κ2) is 6.33. The van der Waals surface area contributed by atoms with E-state index in [0.29, 0.717) is 17.5 Å². The van der Waals surface area contributed by atoms with Crippen molar-refractivity contribution in [3.05, 3.63) is 41.5 Å². The molecule has 0 fully saturated rings. The van der Waals surface area contributed by atoms with E-state index in [2.05, 4.69) is 6.58 Å². The summed E-state index contributed by atoms with van der Waals surface area (Å²) in [5, 5.41) is 9.34. The van der Waals surface area contributed by atoms with Crippen LogP contribution in [0.15, 0.2) is 24.8 Å². The van der Waals surface area contributed by atoms with E-state index in [4.69, 9.17) is 0 Å². The van der Waals surface area contributed by atoms with Gasteiger partial charge in [-0.3, -0.25) is 0 Å². The molecule has 17 heavy (non-hydrogen) atoms. The van der Waals surface area contributed by atoms with Crippen molar-refractivity contribution in [2.45, 2.75) is 33.4 Å². The Labute approximate surface area is 99.6 Å². The highest BCUT2D eigenvalue weighted by Crippen LogP contribution is 2.34. The van der Waals surface area contributed by atoms with Crippen LogP contribution in [0, 0.1) is 6.92 Å². The van der Waals surface area contributed by atoms with Crippen molar-refractivity contribution in [3.63, 3.8) is 0 Å². The molecule has 0 radical (unpaired) electrons. The topological polar surface area (TPSA) is 20.2 Å². The molecule has 0 aliphatic heterocycles. The second-order valence-corrected chi connectivity index (χ2v) is 3.27. The summed E-state index contributed by atoms with van der Waals surface area (Å²) in [6.07, 6.45) is -2.62. The molecule has 0 saturated heterocycles. The molecular weight excluding hydrogens is 229 g/mol. The first-order valence-corrected chi connectivity index (χ1v) is 5.37. The molecule has 1 N–H and O–H groups in total. The third-order valence-electron chi connectivity index (χ3n) is 2.18. The Morgan fingerprint density at radius 1 is 1.29 bits per heavy atom. The lowest BCUT2D eigenvalue weighted by atomic mass is 10.0. The zero-order chi connectivity index (χ0) is 13.6. The van der Waals surface area contributed by atoms with E-state index in [-0.39, 0.29) is 5.75 Å². The fraction of sp³-hybridized carbons (Fsp3) is 0.385. The van der Waals surface area contributed by atoms with E-state index in [1.807, 2.05) is 13.8 Å². The molecule has 4 heteroatoms. The Hall–Kier alpha value is -1.45. The number of aromatic hydroxyl groups is 1. The number of rotatable bonds is 2. The molecule has 0 aliphatic rings. The second-order valence-electron chi connectivity index (χ2n) is 3.27. The lowest BCUT2D eigenvalue weighted by Crippen LogP contribution is -2.06. The van der Waals surface area contributed by atoms with Crippen LogP contribution in [0.1, 0.15) is 30.5 Å². The van der Waals surface area contributed by atoms with Crippen molar-refractivity contribution in [3.8, 4) is 5.75 Å². The maximum absolute atomic E-state index is 12.4. The predicted octanol–water partition coefficient (Wildman–Crippen LogP) is 4.47. The Morgan fingerprint density at radius 2 is 1.82 bits per heavy atom. The van der Waals surface area contributed by atoms with E-state index in [9.17, 15) is 18.3 Å². The van der Waals surface area contributed by atoms with Gasteiger partial charge < -0.3 is 5.11 Å². The molecule has 1 aromatic rings. The Bertz CT molecular complexity index is 381. The highest BCUT2D eigenvalue weighted by Gasteiger charge is 2.31. The maximum Gasteiger partial charge on any atom is 0.416 e. The lowest BCUT2D eigenvalue weighted by Gasteiger charge is -2.12. The van der Waals surface area contributed by atoms with E-state index in [1.165, 1.54) is 6.08 Å². The minimum atomic E-state index is -4.43. The van der Waals surface area contributed by atoms with Crippen molar-refractivity contribution in [2.75, 3.05) is 0 Å². The summed E-state index contributed by atoms with van der Waals surface area (Å²) in [7, 11) is 0. The van der Waals surface area contributed by atoms with Crippen LogP contribution in [0.25, 0.3) is 0 Å². The smallest absolute Gasteiger partial charge is 0.416 e. The summed E-state index contributed by atoms with van der Waals surface area (Å²) in [4.78, 5) is 0. The maximum atomic E-state index is 12.4. The largest absolute Gasteiger partial charge is 0.508 e. The molecule has 0 atom stereocenters. The third-order valence-corrected chi connectivity index (χ3v) is 2.18. The van der Waals surface area contributed by atoms with Crippen molar-refractivity contribution in [1.29, 1.82) is 0 Å². The van der Waals surface area contributed by atoms with E-state index in [1.54, 1.807) is 6.92 Å². The van der Waals surface area contributed by atoms with Gasteiger partial charge in [-0.1, -0.05) is 19.9 Å². The summed E-state index contributed by atoms with van der Waals surface area (Å²) < 4.78 is 37.1. The van der Waals surface area contributed by atoms with Gasteiger partial charge in [0, 0.05) is 0 Å². The van der Waals surface area contributed by atoms with Crippen LogP contribution in [0.2, 0.25) is 0 Å². The van der Waals surface area contributed by atoms with E-state index in [0.717, 1.165) is 12.1 Å². The molecule has 0 bridgehead atoms. The number of phenolic OH excluding ortho intramolecular Hbond substituents is 1. The lowest BCUT2D eigenvalue weighted by molar-refractivity contribution is -0.137. The Morgan fingerprint density at radius 3 is 2.24 bits per heavy atom. The van der Waals surface area contributed by atoms with Crippen LogP contribution in [0.5, 0.6) is 5.75 Å². The fourth-order valence-corrected chi connectivity index (χ4v) is 1.29. The van der Waals surface area contributed by atoms with Crippen LogP contribution >= 0.6 is 0 Å². The Kier molecular flexibility index (Phi) is 5.79. The highest BCUT2D eigenvalue weighted by molar-refractivity contribution is 5.43. The number of hydrogen-bond donors (Lipinski definition) is 1.